The van der Waals surface area contributed by atoms with Crippen LogP contribution in [0.3, 0.4) is 0 Å². The van der Waals surface area contributed by atoms with Gasteiger partial charge in [-0.3, -0.25) is 4.79 Å². The normalized spacial score (nSPS) is 10.6. The molecule has 100 valence electrons. The van der Waals surface area contributed by atoms with Crippen LogP contribution in [0.2, 0.25) is 0 Å². The Morgan fingerprint density at radius 3 is 2.74 bits per heavy atom. The maximum atomic E-state index is 12.1. The maximum Gasteiger partial charge on any atom is 0.200 e. The van der Waals surface area contributed by atoms with E-state index in [0.717, 1.165) is 24.2 Å². The lowest BCUT2D eigenvalue weighted by atomic mass is 10.1. The number of nitrogens with two attached hydrogens (primary N) is 1. The number of hydrogen-bond acceptors (Lipinski definition) is 4. The molecule has 0 atom stereocenters. The van der Waals surface area contributed by atoms with E-state index in [1.807, 2.05) is 31.2 Å². The molecule has 0 spiro atoms. The van der Waals surface area contributed by atoms with E-state index in [-0.39, 0.29) is 5.78 Å². The standard InChI is InChI=1S/C14H18N4O/c1-2-9-18-14(16-10-17-18)13(19)8-5-11-3-6-12(15)7-4-11/h3-4,6-7,10H,2,5,8-9,15H2,1H3. The van der Waals surface area contributed by atoms with Crippen molar-refractivity contribution in [1.82, 2.24) is 14.8 Å². The molecule has 2 aromatic rings. The second-order valence-corrected chi connectivity index (χ2v) is 4.47. The predicted octanol–water partition coefficient (Wildman–Crippen LogP) is 2.09. The van der Waals surface area contributed by atoms with E-state index >= 15 is 0 Å². The van der Waals surface area contributed by atoms with Gasteiger partial charge in [0.2, 0.25) is 0 Å². The summed E-state index contributed by atoms with van der Waals surface area (Å²) in [4.78, 5) is 16.1. The zero-order valence-corrected chi connectivity index (χ0v) is 11.0. The first kappa shape index (κ1) is 13.3. The summed E-state index contributed by atoms with van der Waals surface area (Å²) in [6, 6.07) is 7.58. The van der Waals surface area contributed by atoms with Crippen LogP contribution in [-0.2, 0) is 13.0 Å². The summed E-state index contributed by atoms with van der Waals surface area (Å²) in [6.07, 6.45) is 3.50. The second-order valence-electron chi connectivity index (χ2n) is 4.47. The largest absolute Gasteiger partial charge is 0.399 e. The van der Waals surface area contributed by atoms with E-state index in [9.17, 15) is 4.79 Å². The molecule has 1 aromatic carbocycles. The molecular formula is C14H18N4O. The van der Waals surface area contributed by atoms with Crippen LogP contribution >= 0.6 is 0 Å². The monoisotopic (exact) mass is 258 g/mol. The molecule has 0 aliphatic rings. The Hall–Kier alpha value is -2.17. The van der Waals surface area contributed by atoms with Crippen molar-refractivity contribution in [3.05, 3.63) is 42.0 Å². The summed E-state index contributed by atoms with van der Waals surface area (Å²) in [7, 11) is 0. The van der Waals surface area contributed by atoms with Crippen molar-refractivity contribution < 1.29 is 4.79 Å². The molecule has 19 heavy (non-hydrogen) atoms. The number of Topliss-reactive ketones (excluding diaryl/α,β-unsaturated/α-hetero) is 1. The van der Waals surface area contributed by atoms with E-state index in [1.165, 1.54) is 6.33 Å². The number of carbonyl (C=O) groups excluding carboxylic acids is 1. The number of ketones is 1. The first-order valence-electron chi connectivity index (χ1n) is 6.46. The fraction of sp³-hybridized carbons (Fsp3) is 0.357. The van der Waals surface area contributed by atoms with Crippen molar-refractivity contribution in [2.75, 3.05) is 5.73 Å². The summed E-state index contributed by atoms with van der Waals surface area (Å²) >= 11 is 0. The third-order valence-electron chi connectivity index (χ3n) is 2.92. The Labute approximate surface area is 112 Å². The molecule has 5 nitrogen and oxygen atoms in total. The second kappa shape index (κ2) is 6.13. The minimum absolute atomic E-state index is 0.0303. The van der Waals surface area contributed by atoms with Gasteiger partial charge in [0.1, 0.15) is 6.33 Å². The first-order valence-corrected chi connectivity index (χ1v) is 6.46. The summed E-state index contributed by atoms with van der Waals surface area (Å²) in [5, 5.41) is 4.06. The molecule has 5 heteroatoms. The molecule has 0 unspecified atom stereocenters. The molecule has 0 aliphatic heterocycles. The first-order chi connectivity index (χ1) is 9.20. The fourth-order valence-corrected chi connectivity index (χ4v) is 1.91. The molecule has 2 rings (SSSR count). The van der Waals surface area contributed by atoms with Gasteiger partial charge in [-0.05, 0) is 30.5 Å². The zero-order chi connectivity index (χ0) is 13.7. The number of rotatable bonds is 6. The molecular weight excluding hydrogens is 240 g/mol. The highest BCUT2D eigenvalue weighted by Crippen LogP contribution is 2.10. The van der Waals surface area contributed by atoms with Crippen LogP contribution in [0, 0.1) is 0 Å². The van der Waals surface area contributed by atoms with E-state index in [1.54, 1.807) is 4.68 Å². The summed E-state index contributed by atoms with van der Waals surface area (Å²) in [5.41, 5.74) is 7.46. The van der Waals surface area contributed by atoms with Crippen molar-refractivity contribution in [2.45, 2.75) is 32.7 Å². The van der Waals surface area contributed by atoms with Gasteiger partial charge in [-0.2, -0.15) is 5.10 Å². The van der Waals surface area contributed by atoms with Gasteiger partial charge in [-0.1, -0.05) is 19.1 Å². The van der Waals surface area contributed by atoms with Crippen LogP contribution in [0.1, 0.15) is 35.9 Å². The molecule has 0 radical (unpaired) electrons. The number of carbonyl (C=O) groups is 1. The number of hydrogen-bond donors (Lipinski definition) is 1. The van der Waals surface area contributed by atoms with Crippen molar-refractivity contribution in [3.8, 4) is 0 Å². The van der Waals surface area contributed by atoms with Gasteiger partial charge in [0.15, 0.2) is 11.6 Å². The quantitative estimate of drug-likeness (QED) is 0.636. The highest BCUT2D eigenvalue weighted by molar-refractivity contribution is 5.92. The zero-order valence-electron chi connectivity index (χ0n) is 11.0. The van der Waals surface area contributed by atoms with Gasteiger partial charge in [0.25, 0.3) is 0 Å². The molecule has 0 amide bonds. The van der Waals surface area contributed by atoms with Gasteiger partial charge in [0.05, 0.1) is 0 Å². The number of aryl methyl sites for hydroxylation is 2. The molecule has 2 N–H and O–H groups in total. The molecule has 0 aliphatic carbocycles. The van der Waals surface area contributed by atoms with E-state index in [4.69, 9.17) is 5.73 Å². The van der Waals surface area contributed by atoms with Crippen LogP contribution in [0.5, 0.6) is 0 Å². The van der Waals surface area contributed by atoms with Crippen molar-refractivity contribution in [2.24, 2.45) is 0 Å². The highest BCUT2D eigenvalue weighted by Gasteiger charge is 2.13. The molecule has 0 saturated carbocycles. The number of nitrogen functional groups attached to an aromatic ring is 1. The van der Waals surface area contributed by atoms with Gasteiger partial charge in [0, 0.05) is 18.7 Å². The molecule has 0 fully saturated rings. The summed E-state index contributed by atoms with van der Waals surface area (Å²) < 4.78 is 1.67. The van der Waals surface area contributed by atoms with Crippen LogP contribution in [0.15, 0.2) is 30.6 Å². The molecule has 1 heterocycles. The Morgan fingerprint density at radius 1 is 1.32 bits per heavy atom. The topological polar surface area (TPSA) is 73.8 Å². The average Bonchev–Trinajstić information content (AvgIpc) is 2.86. The van der Waals surface area contributed by atoms with E-state index < -0.39 is 0 Å². The average molecular weight is 258 g/mol. The molecule has 0 bridgehead atoms. The third kappa shape index (κ3) is 3.40. The van der Waals surface area contributed by atoms with Gasteiger partial charge in [-0.15, -0.1) is 0 Å². The summed E-state index contributed by atoms with van der Waals surface area (Å²) in [5.74, 6) is 0.486. The van der Waals surface area contributed by atoms with Gasteiger partial charge < -0.3 is 5.73 Å². The SMILES string of the molecule is CCCn1ncnc1C(=O)CCc1ccc(N)cc1. The molecule has 1 aromatic heterocycles. The van der Waals surface area contributed by atoms with E-state index in [0.29, 0.717) is 18.7 Å². The van der Waals surface area contributed by atoms with Crippen molar-refractivity contribution in [3.63, 3.8) is 0 Å². The third-order valence-corrected chi connectivity index (χ3v) is 2.92. The van der Waals surface area contributed by atoms with Crippen LogP contribution in [0.4, 0.5) is 5.69 Å². The number of anilines is 1. The number of aromatic nitrogens is 3. The van der Waals surface area contributed by atoms with Crippen LogP contribution in [0.25, 0.3) is 0 Å². The van der Waals surface area contributed by atoms with Gasteiger partial charge in [-0.25, -0.2) is 9.67 Å². The van der Waals surface area contributed by atoms with Crippen molar-refractivity contribution in [1.29, 1.82) is 0 Å². The predicted molar refractivity (Wildman–Crippen MR) is 73.8 cm³/mol. The Balaban J connectivity index is 1.97. The summed E-state index contributed by atoms with van der Waals surface area (Å²) in [6.45, 7) is 2.77. The van der Waals surface area contributed by atoms with Crippen LogP contribution < -0.4 is 5.73 Å². The highest BCUT2D eigenvalue weighted by atomic mass is 16.1. The lowest BCUT2D eigenvalue weighted by Crippen LogP contribution is -2.12. The minimum Gasteiger partial charge on any atom is -0.399 e. The van der Waals surface area contributed by atoms with Crippen LogP contribution in [-0.4, -0.2) is 20.5 Å². The fourth-order valence-electron chi connectivity index (χ4n) is 1.91. The Morgan fingerprint density at radius 2 is 2.05 bits per heavy atom. The minimum atomic E-state index is 0.0303. The number of benzene rings is 1. The Kier molecular flexibility index (Phi) is 4.28. The Bertz CT molecular complexity index is 545. The molecule has 0 saturated heterocycles. The van der Waals surface area contributed by atoms with Gasteiger partial charge >= 0.3 is 0 Å². The lowest BCUT2D eigenvalue weighted by Gasteiger charge is -2.04. The maximum absolute atomic E-state index is 12.1. The van der Waals surface area contributed by atoms with Crippen molar-refractivity contribution >= 4 is 11.5 Å². The smallest absolute Gasteiger partial charge is 0.200 e. The number of nitrogens with zero attached hydrogens (tertiary/aromatic N) is 3. The lowest BCUT2D eigenvalue weighted by molar-refractivity contribution is 0.0967. The van der Waals surface area contributed by atoms with E-state index in [2.05, 4.69) is 10.1 Å².